The predicted octanol–water partition coefficient (Wildman–Crippen LogP) is -1.81. The molecule has 1 fully saturated rings. The van der Waals surface area contributed by atoms with Crippen LogP contribution in [0.2, 0.25) is 0 Å². The summed E-state index contributed by atoms with van der Waals surface area (Å²) >= 11 is 0. The number of carbonyl (C=O) groups excluding carboxylic acids is 1. The van der Waals surface area contributed by atoms with Crippen molar-refractivity contribution in [2.45, 2.75) is 18.6 Å². The zero-order chi connectivity index (χ0) is 6.85. The van der Waals surface area contributed by atoms with Gasteiger partial charge >= 0.3 is 0 Å². The molecule has 9 heavy (non-hydrogen) atoms. The summed E-state index contributed by atoms with van der Waals surface area (Å²) < 4.78 is 0. The molecule has 1 aliphatic heterocycles. The third-order valence-electron chi connectivity index (χ3n) is 1.42. The summed E-state index contributed by atoms with van der Waals surface area (Å²) in [5.41, 5.74) is 5.38. The number of rotatable bonds is 0. The van der Waals surface area contributed by atoms with Crippen molar-refractivity contribution in [3.8, 4) is 0 Å². The first kappa shape index (κ1) is 6.51. The molecule has 0 radical (unpaired) electrons. The summed E-state index contributed by atoms with van der Waals surface area (Å²) in [6.45, 7) is 0.389. The van der Waals surface area contributed by atoms with Gasteiger partial charge in [0.2, 0.25) is 5.91 Å². The molecule has 0 unspecified atom stereocenters. The van der Waals surface area contributed by atoms with Crippen LogP contribution in [0.4, 0.5) is 0 Å². The van der Waals surface area contributed by atoms with E-state index >= 15 is 0 Å². The maximum Gasteiger partial charge on any atom is 0.222 e. The minimum atomic E-state index is -0.654. The number of piperidine rings is 1. The Morgan fingerprint density at radius 2 is 2.44 bits per heavy atom. The lowest BCUT2D eigenvalue weighted by Crippen LogP contribution is -2.51. The van der Waals surface area contributed by atoms with E-state index in [1.165, 1.54) is 0 Å². The molecular formula is C5H10N2O2. The third-order valence-corrected chi connectivity index (χ3v) is 1.42. The van der Waals surface area contributed by atoms with Crippen LogP contribution in [0.15, 0.2) is 0 Å². The van der Waals surface area contributed by atoms with Crippen molar-refractivity contribution in [3.63, 3.8) is 0 Å². The fraction of sp³-hybridized carbons (Fsp3) is 0.800. The summed E-state index contributed by atoms with van der Waals surface area (Å²) in [7, 11) is 0. The zero-order valence-electron chi connectivity index (χ0n) is 5.00. The second-order valence-corrected chi connectivity index (χ2v) is 2.24. The highest BCUT2D eigenvalue weighted by Gasteiger charge is 2.23. The molecular weight excluding hydrogens is 120 g/mol. The summed E-state index contributed by atoms with van der Waals surface area (Å²) in [6.07, 6.45) is -0.514. The van der Waals surface area contributed by atoms with Gasteiger partial charge in [-0.2, -0.15) is 0 Å². The van der Waals surface area contributed by atoms with Crippen molar-refractivity contribution in [2.75, 3.05) is 6.54 Å². The monoisotopic (exact) mass is 130 g/mol. The van der Waals surface area contributed by atoms with Gasteiger partial charge in [0.15, 0.2) is 0 Å². The van der Waals surface area contributed by atoms with Crippen molar-refractivity contribution in [3.05, 3.63) is 0 Å². The molecule has 0 aliphatic carbocycles. The molecule has 0 aromatic heterocycles. The number of carbonyl (C=O) groups is 1. The number of hydrogen-bond acceptors (Lipinski definition) is 3. The summed E-state index contributed by atoms with van der Waals surface area (Å²) in [5.74, 6) is -0.121. The quantitative estimate of drug-likeness (QED) is 0.362. The molecule has 1 saturated heterocycles. The Labute approximate surface area is 53.0 Å². The van der Waals surface area contributed by atoms with Crippen LogP contribution in [0.1, 0.15) is 6.42 Å². The van der Waals surface area contributed by atoms with Gasteiger partial charge in [0.1, 0.15) is 0 Å². The topological polar surface area (TPSA) is 75.3 Å². The van der Waals surface area contributed by atoms with Crippen LogP contribution in [0.5, 0.6) is 0 Å². The molecule has 1 heterocycles. The lowest BCUT2D eigenvalue weighted by molar-refractivity contribution is -0.125. The van der Waals surface area contributed by atoms with E-state index < -0.39 is 6.10 Å². The van der Waals surface area contributed by atoms with Crippen molar-refractivity contribution in [1.29, 1.82) is 0 Å². The van der Waals surface area contributed by atoms with E-state index in [4.69, 9.17) is 10.8 Å². The number of nitrogens with two attached hydrogens (primary N) is 1. The van der Waals surface area contributed by atoms with E-state index in [1.54, 1.807) is 0 Å². The first-order chi connectivity index (χ1) is 4.20. The van der Waals surface area contributed by atoms with Crippen LogP contribution < -0.4 is 11.1 Å². The summed E-state index contributed by atoms with van der Waals surface area (Å²) in [4.78, 5) is 10.5. The summed E-state index contributed by atoms with van der Waals surface area (Å²) in [5, 5.41) is 11.5. The van der Waals surface area contributed by atoms with Gasteiger partial charge in [0, 0.05) is 12.6 Å². The van der Waals surface area contributed by atoms with E-state index in [0.717, 1.165) is 0 Å². The van der Waals surface area contributed by atoms with E-state index in [2.05, 4.69) is 5.32 Å². The van der Waals surface area contributed by atoms with Crippen LogP contribution in [0.25, 0.3) is 0 Å². The molecule has 4 N–H and O–H groups in total. The van der Waals surface area contributed by atoms with Gasteiger partial charge in [-0.3, -0.25) is 4.79 Å². The molecule has 1 rings (SSSR count). The van der Waals surface area contributed by atoms with Gasteiger partial charge in [0.25, 0.3) is 0 Å². The van der Waals surface area contributed by atoms with Crippen molar-refractivity contribution in [1.82, 2.24) is 5.32 Å². The number of hydrogen-bond donors (Lipinski definition) is 3. The molecule has 0 aromatic carbocycles. The van der Waals surface area contributed by atoms with Gasteiger partial charge in [-0.15, -0.1) is 0 Å². The number of amides is 1. The van der Waals surface area contributed by atoms with Crippen molar-refractivity contribution < 1.29 is 9.90 Å². The Hall–Kier alpha value is -0.610. The van der Waals surface area contributed by atoms with Crippen LogP contribution in [-0.4, -0.2) is 29.7 Å². The van der Waals surface area contributed by atoms with E-state index in [0.29, 0.717) is 6.54 Å². The normalized spacial score (nSPS) is 36.0. The van der Waals surface area contributed by atoms with Crippen molar-refractivity contribution in [2.24, 2.45) is 5.73 Å². The first-order valence-electron chi connectivity index (χ1n) is 2.90. The average Bonchev–Trinajstić information content (AvgIpc) is 1.80. The maximum absolute atomic E-state index is 10.5. The Kier molecular flexibility index (Phi) is 1.68. The molecule has 1 aliphatic rings. The van der Waals surface area contributed by atoms with Gasteiger partial charge < -0.3 is 16.2 Å². The molecule has 0 spiro atoms. The highest BCUT2D eigenvalue weighted by Crippen LogP contribution is 2.00. The Bertz CT molecular complexity index is 126. The maximum atomic E-state index is 10.5. The Morgan fingerprint density at radius 1 is 1.78 bits per heavy atom. The van der Waals surface area contributed by atoms with E-state index in [9.17, 15) is 4.79 Å². The molecule has 2 atom stereocenters. The highest BCUT2D eigenvalue weighted by molar-refractivity contribution is 5.77. The number of nitrogens with one attached hydrogen (secondary N) is 1. The molecule has 52 valence electrons. The second-order valence-electron chi connectivity index (χ2n) is 2.24. The van der Waals surface area contributed by atoms with Crippen LogP contribution in [0, 0.1) is 0 Å². The fourth-order valence-corrected chi connectivity index (χ4v) is 0.781. The minimum Gasteiger partial charge on any atom is -0.391 e. The molecule has 4 nitrogen and oxygen atoms in total. The van der Waals surface area contributed by atoms with Gasteiger partial charge in [-0.05, 0) is 0 Å². The molecule has 4 heteroatoms. The number of aliphatic hydroxyl groups excluding tert-OH is 1. The van der Waals surface area contributed by atoms with Gasteiger partial charge in [0.05, 0.1) is 12.5 Å². The lowest BCUT2D eigenvalue weighted by Gasteiger charge is -2.23. The predicted molar refractivity (Wildman–Crippen MR) is 31.6 cm³/mol. The SMILES string of the molecule is N[C@@H]1CNC(=O)C[C@@H]1O. The molecule has 1 amide bonds. The van der Waals surface area contributed by atoms with Crippen LogP contribution in [0.3, 0.4) is 0 Å². The van der Waals surface area contributed by atoms with Crippen molar-refractivity contribution >= 4 is 5.91 Å². The Balaban J connectivity index is 2.44. The van der Waals surface area contributed by atoms with Crippen LogP contribution >= 0.6 is 0 Å². The zero-order valence-corrected chi connectivity index (χ0v) is 5.00. The minimum absolute atomic E-state index is 0.121. The number of aliphatic hydroxyl groups is 1. The largest absolute Gasteiger partial charge is 0.391 e. The summed E-state index contributed by atoms with van der Waals surface area (Å²) in [6, 6.07) is -0.289. The molecule has 0 saturated carbocycles. The van der Waals surface area contributed by atoms with Gasteiger partial charge in [-0.1, -0.05) is 0 Å². The Morgan fingerprint density at radius 3 is 2.89 bits per heavy atom. The lowest BCUT2D eigenvalue weighted by atomic mass is 10.1. The molecule has 0 bridgehead atoms. The van der Waals surface area contributed by atoms with E-state index in [1.807, 2.05) is 0 Å². The highest BCUT2D eigenvalue weighted by atomic mass is 16.3. The smallest absolute Gasteiger partial charge is 0.222 e. The van der Waals surface area contributed by atoms with Crippen LogP contribution in [-0.2, 0) is 4.79 Å². The average molecular weight is 130 g/mol. The third kappa shape index (κ3) is 1.40. The first-order valence-corrected chi connectivity index (χ1v) is 2.90. The fourth-order valence-electron chi connectivity index (χ4n) is 0.781. The second kappa shape index (κ2) is 2.33. The molecule has 0 aromatic rings. The standard InChI is InChI=1S/C5H10N2O2/c6-3-2-7-5(9)1-4(3)8/h3-4,8H,1-2,6H2,(H,7,9)/t3-,4+/m1/s1. The van der Waals surface area contributed by atoms with Gasteiger partial charge in [-0.25, -0.2) is 0 Å². The van der Waals surface area contributed by atoms with E-state index in [-0.39, 0.29) is 18.4 Å².